The molecule has 4 aromatic rings. The SMILES string of the molecule is C[C@@H]1O[C@@H](OC[C@H]2O[C@@H](Oc3c(-c4ccc(O)c(O)c4)oc4cc(=[OH+])cc5oc(CO)cc3c54)[C@H](O)[C@@H](O)[C@@H]2O)[C@H](O)[C@H](O)[C@H]1O. The van der Waals surface area contributed by atoms with Crippen molar-refractivity contribution < 1.29 is 78.5 Å². The Labute approximate surface area is 258 Å². The molecule has 0 aliphatic carbocycles. The highest BCUT2D eigenvalue weighted by Crippen LogP contribution is 2.44. The molecule has 2 aliphatic rings. The zero-order chi connectivity index (χ0) is 33.0. The van der Waals surface area contributed by atoms with Crippen molar-refractivity contribution in [3.8, 4) is 28.6 Å². The van der Waals surface area contributed by atoms with E-state index < -0.39 is 86.1 Å². The molecule has 10 atom stereocenters. The van der Waals surface area contributed by atoms with Crippen LogP contribution in [0.1, 0.15) is 12.7 Å². The van der Waals surface area contributed by atoms with Crippen molar-refractivity contribution in [2.45, 2.75) is 74.9 Å². The van der Waals surface area contributed by atoms with Gasteiger partial charge in [0.05, 0.1) is 30.2 Å². The van der Waals surface area contributed by atoms with Gasteiger partial charge in [-0.2, -0.15) is 0 Å². The summed E-state index contributed by atoms with van der Waals surface area (Å²) < 4.78 is 34.7. The third-order valence-electron chi connectivity index (χ3n) is 8.06. The van der Waals surface area contributed by atoms with E-state index in [1.165, 1.54) is 37.3 Å². The fraction of sp³-hybridized carbons (Fsp3) is 0.433. The lowest BCUT2D eigenvalue weighted by Gasteiger charge is -2.42. The maximum absolute atomic E-state index is 10.9. The van der Waals surface area contributed by atoms with Gasteiger partial charge in [-0.25, -0.2) is 0 Å². The van der Waals surface area contributed by atoms with E-state index in [1.54, 1.807) is 0 Å². The topological polar surface area (TPSA) is 267 Å². The number of phenols is 2. The zero-order valence-electron chi connectivity index (χ0n) is 24.1. The second kappa shape index (κ2) is 12.4. The normalized spacial score (nSPS) is 31.8. The van der Waals surface area contributed by atoms with Crippen LogP contribution in [-0.4, -0.2) is 119 Å². The molecule has 0 spiro atoms. The van der Waals surface area contributed by atoms with Crippen LogP contribution >= 0.6 is 0 Å². The van der Waals surface area contributed by atoms with Gasteiger partial charge in [-0.15, -0.1) is 0 Å². The van der Waals surface area contributed by atoms with E-state index in [-0.39, 0.29) is 50.2 Å². The predicted molar refractivity (Wildman–Crippen MR) is 151 cm³/mol. The maximum atomic E-state index is 10.9. The molecule has 0 saturated carbocycles. The largest absolute Gasteiger partial charge is 0.504 e. The molecule has 2 aromatic carbocycles. The summed E-state index contributed by atoms with van der Waals surface area (Å²) in [6, 6.07) is 7.70. The Morgan fingerprint density at radius 1 is 0.761 bits per heavy atom. The van der Waals surface area contributed by atoms with Crippen LogP contribution in [0.2, 0.25) is 0 Å². The smallest absolute Gasteiger partial charge is 0.347 e. The Kier molecular flexibility index (Phi) is 8.68. The van der Waals surface area contributed by atoms with Crippen LogP contribution in [0.25, 0.3) is 33.3 Å². The summed E-state index contributed by atoms with van der Waals surface area (Å²) in [6.45, 7) is 0.345. The molecule has 0 amide bonds. The maximum Gasteiger partial charge on any atom is 0.347 e. The van der Waals surface area contributed by atoms with E-state index in [1.807, 2.05) is 0 Å². The van der Waals surface area contributed by atoms with Gasteiger partial charge in [-0.05, 0) is 31.2 Å². The van der Waals surface area contributed by atoms with Crippen molar-refractivity contribution >= 4 is 21.9 Å². The van der Waals surface area contributed by atoms with Gasteiger partial charge in [-0.3, -0.25) is 4.79 Å². The molecule has 0 radical (unpaired) electrons. The molecular formula is C30H33O16+. The van der Waals surface area contributed by atoms with Crippen LogP contribution in [0.3, 0.4) is 0 Å². The van der Waals surface area contributed by atoms with Crippen LogP contribution in [0.4, 0.5) is 0 Å². The molecule has 16 nitrogen and oxygen atoms in total. The molecular weight excluding hydrogens is 616 g/mol. The van der Waals surface area contributed by atoms with Gasteiger partial charge >= 0.3 is 5.43 Å². The van der Waals surface area contributed by atoms with Gasteiger partial charge < -0.3 is 73.7 Å². The molecule has 2 saturated heterocycles. The quantitative estimate of drug-likeness (QED) is 0.0839. The molecule has 16 heteroatoms. The van der Waals surface area contributed by atoms with Gasteiger partial charge in [-0.1, -0.05) is 0 Å². The average molecular weight is 650 g/mol. The molecule has 6 rings (SSSR count). The van der Waals surface area contributed by atoms with Crippen LogP contribution in [0, 0.1) is 0 Å². The lowest BCUT2D eigenvalue weighted by Crippen LogP contribution is -2.61. The Balaban J connectivity index is 1.39. The minimum Gasteiger partial charge on any atom is -0.504 e. The van der Waals surface area contributed by atoms with Crippen molar-refractivity contribution in [3.05, 3.63) is 47.6 Å². The number of aliphatic hydroxyl groups is 7. The number of aromatic hydroxyl groups is 2. The number of hydrogen-bond donors (Lipinski definition) is 9. The lowest BCUT2D eigenvalue weighted by molar-refractivity contribution is -0.318. The van der Waals surface area contributed by atoms with Crippen LogP contribution < -0.4 is 10.2 Å². The van der Waals surface area contributed by atoms with Crippen molar-refractivity contribution in [1.29, 1.82) is 0 Å². The number of ether oxygens (including phenoxy) is 4. The van der Waals surface area contributed by atoms with Crippen molar-refractivity contribution in [2.24, 2.45) is 0 Å². The summed E-state index contributed by atoms with van der Waals surface area (Å²) in [5.41, 5.74) is 0.0964. The number of hydrogen-bond acceptors (Lipinski definition) is 15. The van der Waals surface area contributed by atoms with Crippen molar-refractivity contribution in [3.63, 3.8) is 0 Å². The first-order chi connectivity index (χ1) is 21.9. The highest BCUT2D eigenvalue weighted by molar-refractivity contribution is 6.09. The molecule has 46 heavy (non-hydrogen) atoms. The highest BCUT2D eigenvalue weighted by Gasteiger charge is 2.47. The summed E-state index contributed by atoms with van der Waals surface area (Å²) in [5, 5.41) is 93.2. The number of benzene rings is 2. The molecule has 248 valence electrons. The predicted octanol–water partition coefficient (Wildman–Crippen LogP) is -1.22. The summed E-state index contributed by atoms with van der Waals surface area (Å²) in [7, 11) is 0. The molecule has 4 heterocycles. The molecule has 10 N–H and O–H groups in total. The van der Waals surface area contributed by atoms with E-state index >= 15 is 0 Å². The second-order valence-corrected chi connectivity index (χ2v) is 11.2. The van der Waals surface area contributed by atoms with E-state index in [0.29, 0.717) is 0 Å². The Hall–Kier alpha value is -3.81. The van der Waals surface area contributed by atoms with Crippen LogP contribution in [-0.2, 0) is 20.8 Å². The Bertz CT molecular complexity index is 1780. The van der Waals surface area contributed by atoms with Gasteiger partial charge in [0.2, 0.25) is 6.29 Å². The Morgan fingerprint density at radius 2 is 1.43 bits per heavy atom. The standard InChI is InChI=1S/C30H32O16/c1-10-21(35)23(37)25(39)29(42-10)41-9-19-22(36)24(38)26(40)30(45-19)46-28-14-7-13(8-31)43-17-5-12(32)6-18(20(14)17)44-27(28)11-2-3-15(33)16(34)4-11/h2-7,10,19,21-26,29-31,33-40H,8-9H2,1H3/p+1/t10-,19+,21-,22+,23+,24-,25+,26+,29+,30-/m0/s1. The first kappa shape index (κ1) is 32.1. The summed E-state index contributed by atoms with van der Waals surface area (Å²) in [5.74, 6) is -1.16. The van der Waals surface area contributed by atoms with E-state index in [4.69, 9.17) is 27.8 Å². The number of rotatable bonds is 7. The minimum absolute atomic E-state index is 0.0365. The van der Waals surface area contributed by atoms with E-state index in [2.05, 4.69) is 0 Å². The fourth-order valence-electron chi connectivity index (χ4n) is 5.52. The van der Waals surface area contributed by atoms with Gasteiger partial charge in [0.15, 0.2) is 29.3 Å². The number of phenolic OH excluding ortho intramolecular Hbond substituents is 2. The highest BCUT2D eigenvalue weighted by atomic mass is 16.7. The first-order valence-corrected chi connectivity index (χ1v) is 14.2. The molecule has 2 aliphatic heterocycles. The van der Waals surface area contributed by atoms with Crippen molar-refractivity contribution in [1.82, 2.24) is 0 Å². The van der Waals surface area contributed by atoms with E-state index in [0.717, 1.165) is 6.07 Å². The van der Waals surface area contributed by atoms with Gasteiger partial charge in [0.25, 0.3) is 0 Å². The lowest BCUT2D eigenvalue weighted by atomic mass is 9.98. The second-order valence-electron chi connectivity index (χ2n) is 11.2. The van der Waals surface area contributed by atoms with Gasteiger partial charge in [0, 0.05) is 10.9 Å². The zero-order valence-corrected chi connectivity index (χ0v) is 24.1. The number of aliphatic hydroxyl groups excluding tert-OH is 7. The van der Waals surface area contributed by atoms with Crippen LogP contribution in [0.5, 0.6) is 17.2 Å². The first-order valence-electron chi connectivity index (χ1n) is 14.2. The molecule has 0 bridgehead atoms. The minimum atomic E-state index is -1.86. The Morgan fingerprint density at radius 3 is 2.13 bits per heavy atom. The third-order valence-corrected chi connectivity index (χ3v) is 8.06. The average Bonchev–Trinajstić information content (AvgIpc) is 3.03. The summed E-state index contributed by atoms with van der Waals surface area (Å²) >= 11 is 0. The molecule has 0 unspecified atom stereocenters. The fourth-order valence-corrected chi connectivity index (χ4v) is 5.52. The molecule has 2 fully saturated rings. The molecule has 2 aromatic heterocycles. The third kappa shape index (κ3) is 5.69. The van der Waals surface area contributed by atoms with E-state index in [9.17, 15) is 50.8 Å². The monoisotopic (exact) mass is 649 g/mol. The summed E-state index contributed by atoms with van der Waals surface area (Å²) in [6.07, 6.45) is -15.5. The van der Waals surface area contributed by atoms with Crippen LogP contribution in [0.15, 0.2) is 45.2 Å². The van der Waals surface area contributed by atoms with Gasteiger partial charge in [0.1, 0.15) is 66.3 Å². The summed E-state index contributed by atoms with van der Waals surface area (Å²) in [4.78, 5) is 10.3. The van der Waals surface area contributed by atoms with Crippen molar-refractivity contribution in [2.75, 3.05) is 6.61 Å².